The molecule has 3 heterocycles. The maximum atomic E-state index is 12.0. The number of rotatable bonds is 7. The van der Waals surface area contributed by atoms with Gasteiger partial charge in [-0.3, -0.25) is 14.9 Å². The van der Waals surface area contributed by atoms with Crippen molar-refractivity contribution in [3.8, 4) is 17.0 Å². The lowest BCUT2D eigenvalue weighted by Crippen LogP contribution is -2.41. The Morgan fingerprint density at radius 1 is 1.17 bits per heavy atom. The molecule has 1 fully saturated rings. The highest BCUT2D eigenvalue weighted by atomic mass is 32.1. The van der Waals surface area contributed by atoms with Crippen molar-refractivity contribution in [3.05, 3.63) is 52.3 Å². The molecule has 1 N–H and O–H groups in total. The third-order valence-corrected chi connectivity index (χ3v) is 5.39. The van der Waals surface area contributed by atoms with E-state index in [1.54, 1.807) is 13.3 Å². The first-order chi connectivity index (χ1) is 14.1. The standard InChI is InChI=1S/C20H20N4O4S/c1-27-9-13-2-4-14(5-3-13)10-28-18-12-29-11-15(18)16-8-24(23-22-16)17-6-7-19(25)21-20(17)26/h2-5,8,11-12,17H,6-7,9-10H2,1H3,(H,21,25,26). The number of imide groups is 1. The quantitative estimate of drug-likeness (QED) is 0.600. The Kier molecular flexibility index (Phi) is 5.68. The molecule has 0 aliphatic carbocycles. The van der Waals surface area contributed by atoms with Gasteiger partial charge in [0.1, 0.15) is 24.1 Å². The van der Waals surface area contributed by atoms with Crippen molar-refractivity contribution in [3.63, 3.8) is 0 Å². The molecule has 1 saturated heterocycles. The summed E-state index contributed by atoms with van der Waals surface area (Å²) in [5, 5.41) is 14.5. The molecule has 4 rings (SSSR count). The summed E-state index contributed by atoms with van der Waals surface area (Å²) in [6.07, 6.45) is 2.43. The molecule has 1 atom stereocenters. The molecule has 1 unspecified atom stereocenters. The van der Waals surface area contributed by atoms with Gasteiger partial charge in [-0.05, 0) is 17.5 Å². The van der Waals surface area contributed by atoms with Gasteiger partial charge in [0, 0.05) is 24.3 Å². The molecule has 1 aromatic carbocycles. The summed E-state index contributed by atoms with van der Waals surface area (Å²) in [6.45, 7) is 1.01. The minimum Gasteiger partial charge on any atom is -0.487 e. The van der Waals surface area contributed by atoms with Gasteiger partial charge in [0.15, 0.2) is 0 Å². The summed E-state index contributed by atoms with van der Waals surface area (Å²) in [4.78, 5) is 23.4. The van der Waals surface area contributed by atoms with Crippen molar-refractivity contribution in [2.75, 3.05) is 7.11 Å². The Bertz CT molecular complexity index is 1010. The lowest BCUT2D eigenvalue weighted by molar-refractivity contribution is -0.136. The van der Waals surface area contributed by atoms with E-state index in [4.69, 9.17) is 9.47 Å². The first-order valence-electron chi connectivity index (χ1n) is 9.15. The van der Waals surface area contributed by atoms with Crippen LogP contribution in [-0.4, -0.2) is 33.9 Å². The number of nitrogens with zero attached hydrogens (tertiary/aromatic N) is 3. The molecule has 8 nitrogen and oxygen atoms in total. The summed E-state index contributed by atoms with van der Waals surface area (Å²) in [6, 6.07) is 7.53. The molecular weight excluding hydrogens is 392 g/mol. The van der Waals surface area contributed by atoms with Crippen molar-refractivity contribution >= 4 is 23.2 Å². The molecule has 2 amide bonds. The summed E-state index contributed by atoms with van der Waals surface area (Å²) < 4.78 is 12.6. The summed E-state index contributed by atoms with van der Waals surface area (Å²) in [5.41, 5.74) is 3.61. The number of hydrogen-bond acceptors (Lipinski definition) is 7. The number of nitrogens with one attached hydrogen (secondary N) is 1. The van der Waals surface area contributed by atoms with Gasteiger partial charge in [-0.1, -0.05) is 29.5 Å². The smallest absolute Gasteiger partial charge is 0.251 e. The molecule has 1 aliphatic heterocycles. The number of ether oxygens (including phenoxy) is 2. The average Bonchev–Trinajstić information content (AvgIpc) is 3.37. The SMILES string of the molecule is COCc1ccc(COc2cscc2-c2cn(C3CCC(=O)NC3=O)nn2)cc1. The van der Waals surface area contributed by atoms with Crippen molar-refractivity contribution in [1.82, 2.24) is 20.3 Å². The summed E-state index contributed by atoms with van der Waals surface area (Å²) in [5.74, 6) is 0.109. The van der Waals surface area contributed by atoms with Crippen LogP contribution in [0.4, 0.5) is 0 Å². The Balaban J connectivity index is 1.45. The minimum absolute atomic E-state index is 0.254. The Hall–Kier alpha value is -3.04. The molecule has 0 bridgehead atoms. The number of carbonyl (C=O) groups excluding carboxylic acids is 2. The number of piperidine rings is 1. The molecule has 2 aromatic heterocycles. The lowest BCUT2D eigenvalue weighted by atomic mass is 10.1. The summed E-state index contributed by atoms with van der Waals surface area (Å²) in [7, 11) is 1.67. The fraction of sp³-hybridized carbons (Fsp3) is 0.300. The van der Waals surface area contributed by atoms with Crippen LogP contribution in [0.2, 0.25) is 0 Å². The highest BCUT2D eigenvalue weighted by Crippen LogP contribution is 2.33. The Morgan fingerprint density at radius 2 is 1.93 bits per heavy atom. The second-order valence-electron chi connectivity index (χ2n) is 6.74. The van der Waals surface area contributed by atoms with Gasteiger partial charge in [0.2, 0.25) is 5.91 Å². The maximum absolute atomic E-state index is 12.0. The number of benzene rings is 1. The van der Waals surface area contributed by atoms with E-state index in [-0.39, 0.29) is 11.8 Å². The number of carbonyl (C=O) groups is 2. The van der Waals surface area contributed by atoms with Crippen LogP contribution >= 0.6 is 11.3 Å². The van der Waals surface area contributed by atoms with Crippen molar-refractivity contribution in [1.29, 1.82) is 0 Å². The van der Waals surface area contributed by atoms with Gasteiger partial charge in [-0.15, -0.1) is 16.4 Å². The number of methoxy groups -OCH3 is 1. The van der Waals surface area contributed by atoms with Gasteiger partial charge >= 0.3 is 0 Å². The number of thiophene rings is 1. The van der Waals surface area contributed by atoms with Crippen LogP contribution in [0.25, 0.3) is 11.3 Å². The van der Waals surface area contributed by atoms with Gasteiger partial charge in [0.25, 0.3) is 5.91 Å². The van der Waals surface area contributed by atoms with E-state index >= 15 is 0 Å². The van der Waals surface area contributed by atoms with Crippen LogP contribution in [0.1, 0.15) is 30.0 Å². The van der Waals surface area contributed by atoms with E-state index < -0.39 is 6.04 Å². The van der Waals surface area contributed by atoms with Crippen LogP contribution in [0, 0.1) is 0 Å². The van der Waals surface area contributed by atoms with Crippen LogP contribution in [0.5, 0.6) is 5.75 Å². The Labute approximate surface area is 171 Å². The largest absolute Gasteiger partial charge is 0.487 e. The van der Waals surface area contributed by atoms with E-state index in [1.165, 1.54) is 16.0 Å². The molecule has 0 saturated carbocycles. The van der Waals surface area contributed by atoms with Crippen LogP contribution < -0.4 is 10.1 Å². The van der Waals surface area contributed by atoms with E-state index in [2.05, 4.69) is 15.6 Å². The van der Waals surface area contributed by atoms with Gasteiger partial charge in [-0.25, -0.2) is 4.68 Å². The number of hydrogen-bond donors (Lipinski definition) is 1. The topological polar surface area (TPSA) is 95.3 Å². The molecule has 150 valence electrons. The molecule has 1 aliphatic rings. The molecule has 29 heavy (non-hydrogen) atoms. The molecule has 0 radical (unpaired) electrons. The van der Waals surface area contributed by atoms with Crippen molar-refractivity contribution < 1.29 is 19.1 Å². The predicted octanol–water partition coefficient (Wildman–Crippen LogP) is 2.71. The maximum Gasteiger partial charge on any atom is 0.251 e. The zero-order valence-corrected chi connectivity index (χ0v) is 16.6. The van der Waals surface area contributed by atoms with Crippen molar-refractivity contribution in [2.45, 2.75) is 32.1 Å². The van der Waals surface area contributed by atoms with E-state index in [1.807, 2.05) is 35.0 Å². The highest BCUT2D eigenvalue weighted by molar-refractivity contribution is 7.08. The highest BCUT2D eigenvalue weighted by Gasteiger charge is 2.29. The van der Waals surface area contributed by atoms with Gasteiger partial charge < -0.3 is 9.47 Å². The molecule has 9 heteroatoms. The van der Waals surface area contributed by atoms with Crippen LogP contribution in [0.15, 0.2) is 41.2 Å². The third kappa shape index (κ3) is 4.36. The third-order valence-electron chi connectivity index (χ3n) is 4.67. The first kappa shape index (κ1) is 19.3. The van der Waals surface area contributed by atoms with E-state index in [0.29, 0.717) is 37.5 Å². The fourth-order valence-corrected chi connectivity index (χ4v) is 3.89. The normalized spacial score (nSPS) is 16.7. The average molecular weight is 412 g/mol. The monoisotopic (exact) mass is 412 g/mol. The predicted molar refractivity (Wildman–Crippen MR) is 106 cm³/mol. The van der Waals surface area contributed by atoms with Gasteiger partial charge in [0.05, 0.1) is 18.4 Å². The van der Waals surface area contributed by atoms with E-state index in [0.717, 1.165) is 16.7 Å². The minimum atomic E-state index is -0.525. The second kappa shape index (κ2) is 8.54. The zero-order chi connectivity index (χ0) is 20.2. The van der Waals surface area contributed by atoms with Crippen LogP contribution in [0.3, 0.4) is 0 Å². The fourth-order valence-electron chi connectivity index (χ4n) is 3.13. The summed E-state index contributed by atoms with van der Waals surface area (Å²) >= 11 is 1.51. The number of amides is 2. The molecule has 0 spiro atoms. The second-order valence-corrected chi connectivity index (χ2v) is 7.48. The first-order valence-corrected chi connectivity index (χ1v) is 10.1. The lowest BCUT2D eigenvalue weighted by Gasteiger charge is -2.20. The Morgan fingerprint density at radius 3 is 2.66 bits per heavy atom. The molecule has 3 aromatic rings. The zero-order valence-electron chi connectivity index (χ0n) is 15.8. The van der Waals surface area contributed by atoms with Crippen molar-refractivity contribution in [2.24, 2.45) is 0 Å². The van der Waals surface area contributed by atoms with E-state index in [9.17, 15) is 9.59 Å². The van der Waals surface area contributed by atoms with Crippen LogP contribution in [-0.2, 0) is 27.5 Å². The van der Waals surface area contributed by atoms with Gasteiger partial charge in [-0.2, -0.15) is 0 Å². The number of aromatic nitrogens is 3. The molecular formula is C20H20N4O4S.